The number of carboxylic acid groups (broad SMARTS) is 1. The van der Waals surface area contributed by atoms with Crippen LogP contribution in [0.15, 0.2) is 52.9 Å². The highest BCUT2D eigenvalue weighted by atomic mass is 32.1. The maximum Gasteiger partial charge on any atom is 0.345 e. The van der Waals surface area contributed by atoms with Gasteiger partial charge in [0, 0.05) is 10.9 Å². The zero-order valence-corrected chi connectivity index (χ0v) is 13.8. The first kappa shape index (κ1) is 15.4. The molecule has 2 aromatic heterocycles. The van der Waals surface area contributed by atoms with Crippen LogP contribution in [0.1, 0.15) is 21.5 Å². The minimum atomic E-state index is -0.922. The molecule has 1 aromatic carbocycles. The summed E-state index contributed by atoms with van der Waals surface area (Å²) in [6, 6.07) is 13.3. The van der Waals surface area contributed by atoms with Gasteiger partial charge in [0.25, 0.3) is 0 Å². The highest BCUT2D eigenvalue weighted by Gasteiger charge is 2.09. The van der Waals surface area contributed by atoms with Crippen molar-refractivity contribution in [2.45, 2.75) is 6.92 Å². The first-order chi connectivity index (χ1) is 11.1. The third kappa shape index (κ3) is 3.64. The Morgan fingerprint density at radius 3 is 2.61 bits per heavy atom. The Morgan fingerprint density at radius 2 is 1.91 bits per heavy atom. The van der Waals surface area contributed by atoms with Gasteiger partial charge < -0.3 is 5.11 Å². The third-order valence-electron chi connectivity index (χ3n) is 3.07. The smallest absolute Gasteiger partial charge is 0.345 e. The largest absolute Gasteiger partial charge is 0.477 e. The summed E-state index contributed by atoms with van der Waals surface area (Å²) in [5.74, 6) is -0.922. The van der Waals surface area contributed by atoms with E-state index < -0.39 is 5.97 Å². The SMILES string of the molecule is C/C(=N/Nc1nc(-c2ccccc2)cs1)c1ccc(C(=O)O)s1. The average molecular weight is 343 g/mol. The highest BCUT2D eigenvalue weighted by molar-refractivity contribution is 7.16. The standard InChI is InChI=1S/C16H13N3O2S2/c1-10(13-7-8-14(23-13)15(20)21)18-19-16-17-12(9-22-16)11-5-3-2-4-6-11/h2-9H,1H3,(H,17,19)(H,20,21)/b18-10-. The van der Waals surface area contributed by atoms with Gasteiger partial charge in [-0.15, -0.1) is 22.7 Å². The summed E-state index contributed by atoms with van der Waals surface area (Å²) in [7, 11) is 0. The molecule has 0 aliphatic rings. The average Bonchev–Trinajstić information content (AvgIpc) is 3.23. The van der Waals surface area contributed by atoms with Crippen molar-refractivity contribution in [2.24, 2.45) is 5.10 Å². The Balaban J connectivity index is 1.72. The third-order valence-corrected chi connectivity index (χ3v) is 5.00. The fourth-order valence-corrected chi connectivity index (χ4v) is 3.35. The van der Waals surface area contributed by atoms with E-state index in [9.17, 15) is 4.79 Å². The number of carbonyl (C=O) groups is 1. The first-order valence-corrected chi connectivity index (χ1v) is 8.48. The summed E-state index contributed by atoms with van der Waals surface area (Å²) in [5.41, 5.74) is 5.60. The second-order valence-electron chi connectivity index (χ2n) is 4.68. The van der Waals surface area contributed by atoms with Crippen molar-refractivity contribution >= 4 is 39.5 Å². The zero-order valence-electron chi connectivity index (χ0n) is 12.2. The predicted octanol–water partition coefficient (Wildman–Crippen LogP) is 4.41. The minimum absolute atomic E-state index is 0.301. The molecule has 0 saturated heterocycles. The lowest BCUT2D eigenvalue weighted by Gasteiger charge is -1.98. The molecule has 0 bridgehead atoms. The van der Waals surface area contributed by atoms with Crippen molar-refractivity contribution in [3.05, 3.63) is 57.6 Å². The number of nitrogens with one attached hydrogen (secondary N) is 1. The molecular weight excluding hydrogens is 330 g/mol. The van der Waals surface area contributed by atoms with Gasteiger partial charge in [0.1, 0.15) is 4.88 Å². The lowest BCUT2D eigenvalue weighted by Crippen LogP contribution is -1.97. The monoisotopic (exact) mass is 343 g/mol. The Labute approximate surface area is 141 Å². The number of hydrogen-bond acceptors (Lipinski definition) is 6. The molecule has 7 heteroatoms. The van der Waals surface area contributed by atoms with Gasteiger partial charge in [-0.2, -0.15) is 5.10 Å². The van der Waals surface area contributed by atoms with Crippen LogP contribution >= 0.6 is 22.7 Å². The van der Waals surface area contributed by atoms with Gasteiger partial charge in [-0.25, -0.2) is 9.78 Å². The van der Waals surface area contributed by atoms with Crippen LogP contribution in [0.4, 0.5) is 5.13 Å². The molecule has 0 aliphatic carbocycles. The van der Waals surface area contributed by atoms with Gasteiger partial charge in [0.15, 0.2) is 0 Å². The van der Waals surface area contributed by atoms with Crippen LogP contribution in [0.3, 0.4) is 0 Å². The van der Waals surface area contributed by atoms with Gasteiger partial charge in [-0.1, -0.05) is 30.3 Å². The van der Waals surface area contributed by atoms with Crippen molar-refractivity contribution in [1.29, 1.82) is 0 Å². The van der Waals surface area contributed by atoms with Crippen LogP contribution in [-0.4, -0.2) is 21.8 Å². The molecule has 0 fully saturated rings. The second-order valence-corrected chi connectivity index (χ2v) is 6.62. The van der Waals surface area contributed by atoms with E-state index in [-0.39, 0.29) is 0 Å². The molecule has 5 nitrogen and oxygen atoms in total. The van der Waals surface area contributed by atoms with Crippen molar-refractivity contribution in [3.8, 4) is 11.3 Å². The molecule has 2 heterocycles. The summed E-state index contributed by atoms with van der Waals surface area (Å²) in [6.45, 7) is 1.83. The van der Waals surface area contributed by atoms with Crippen LogP contribution in [0.5, 0.6) is 0 Å². The number of hydrazone groups is 1. The normalized spacial score (nSPS) is 11.4. The number of thiophene rings is 1. The van der Waals surface area contributed by atoms with E-state index in [1.165, 1.54) is 22.7 Å². The molecular formula is C16H13N3O2S2. The van der Waals surface area contributed by atoms with E-state index in [0.29, 0.717) is 10.0 Å². The van der Waals surface area contributed by atoms with Crippen molar-refractivity contribution in [3.63, 3.8) is 0 Å². The number of rotatable bonds is 5. The van der Waals surface area contributed by atoms with Gasteiger partial charge in [-0.3, -0.25) is 5.43 Å². The molecule has 0 amide bonds. The van der Waals surface area contributed by atoms with Crippen LogP contribution in [0, 0.1) is 0 Å². The maximum atomic E-state index is 10.9. The first-order valence-electron chi connectivity index (χ1n) is 6.78. The van der Waals surface area contributed by atoms with Crippen molar-refractivity contribution in [2.75, 3.05) is 5.43 Å². The van der Waals surface area contributed by atoms with E-state index in [2.05, 4.69) is 15.5 Å². The number of carboxylic acids is 1. The molecule has 0 radical (unpaired) electrons. The Hall–Kier alpha value is -2.51. The number of hydrogen-bond donors (Lipinski definition) is 2. The van der Waals surface area contributed by atoms with Crippen LogP contribution < -0.4 is 5.43 Å². The summed E-state index contributed by atoms with van der Waals surface area (Å²) in [4.78, 5) is 16.5. The molecule has 3 rings (SSSR count). The lowest BCUT2D eigenvalue weighted by molar-refractivity contribution is 0.0702. The molecule has 0 saturated carbocycles. The molecule has 116 valence electrons. The molecule has 2 N–H and O–H groups in total. The van der Waals surface area contributed by atoms with Crippen LogP contribution in [0.2, 0.25) is 0 Å². The fourth-order valence-electron chi connectivity index (χ4n) is 1.90. The summed E-state index contributed by atoms with van der Waals surface area (Å²) in [5, 5.41) is 15.9. The van der Waals surface area contributed by atoms with Gasteiger partial charge in [0.05, 0.1) is 16.3 Å². The minimum Gasteiger partial charge on any atom is -0.477 e. The summed E-state index contributed by atoms with van der Waals surface area (Å²) >= 11 is 2.67. The number of aromatic carboxylic acids is 1. The molecule has 0 spiro atoms. The zero-order chi connectivity index (χ0) is 16.2. The Bertz CT molecular complexity index is 853. The van der Waals surface area contributed by atoms with E-state index in [1.807, 2.05) is 42.6 Å². The predicted molar refractivity (Wildman–Crippen MR) is 94.7 cm³/mol. The highest BCUT2D eigenvalue weighted by Crippen LogP contribution is 2.25. The van der Waals surface area contributed by atoms with Crippen LogP contribution in [-0.2, 0) is 0 Å². The van der Waals surface area contributed by atoms with Crippen LogP contribution in [0.25, 0.3) is 11.3 Å². The number of nitrogens with zero attached hydrogens (tertiary/aromatic N) is 2. The number of thiazole rings is 1. The molecule has 3 aromatic rings. The van der Waals surface area contributed by atoms with Gasteiger partial charge in [0.2, 0.25) is 5.13 Å². The second kappa shape index (κ2) is 6.72. The molecule has 0 unspecified atom stereocenters. The molecule has 23 heavy (non-hydrogen) atoms. The topological polar surface area (TPSA) is 74.6 Å². The van der Waals surface area contributed by atoms with E-state index >= 15 is 0 Å². The molecule has 0 aliphatic heterocycles. The summed E-state index contributed by atoms with van der Waals surface area (Å²) < 4.78 is 0. The Kier molecular flexibility index (Phi) is 4.50. The van der Waals surface area contributed by atoms with E-state index in [4.69, 9.17) is 5.11 Å². The van der Waals surface area contributed by atoms with Gasteiger partial charge >= 0.3 is 5.97 Å². The number of benzene rings is 1. The van der Waals surface area contributed by atoms with Crippen molar-refractivity contribution < 1.29 is 9.90 Å². The summed E-state index contributed by atoms with van der Waals surface area (Å²) in [6.07, 6.45) is 0. The quantitative estimate of drug-likeness (QED) is 0.532. The molecule has 0 atom stereocenters. The lowest BCUT2D eigenvalue weighted by atomic mass is 10.2. The van der Waals surface area contributed by atoms with E-state index in [1.54, 1.807) is 12.1 Å². The number of aromatic nitrogens is 1. The fraction of sp³-hybridized carbons (Fsp3) is 0.0625. The Morgan fingerprint density at radius 1 is 1.17 bits per heavy atom. The van der Waals surface area contributed by atoms with Crippen molar-refractivity contribution in [1.82, 2.24) is 4.98 Å². The van der Waals surface area contributed by atoms with E-state index in [0.717, 1.165) is 21.8 Å². The maximum absolute atomic E-state index is 10.9. The van der Waals surface area contributed by atoms with Gasteiger partial charge in [-0.05, 0) is 19.1 Å². The number of anilines is 1.